The number of carbonyl (C=O) groups excluding carboxylic acids is 2. The maximum Gasteiger partial charge on any atom is 0.322 e. The van der Waals surface area contributed by atoms with Gasteiger partial charge in [0.1, 0.15) is 10.7 Å². The molecule has 1 heterocycles. The summed E-state index contributed by atoms with van der Waals surface area (Å²) in [5, 5.41) is 8.63. The number of carbonyl (C=O) groups is 2. The lowest BCUT2D eigenvalue weighted by Gasteiger charge is -2.21. The molecule has 3 amide bonds. The van der Waals surface area contributed by atoms with E-state index in [4.69, 9.17) is 16.3 Å². The van der Waals surface area contributed by atoms with Crippen molar-refractivity contribution in [2.45, 2.75) is 6.54 Å². The maximum atomic E-state index is 12.7. The summed E-state index contributed by atoms with van der Waals surface area (Å²) < 4.78 is 5.11. The molecule has 10 heteroatoms. The smallest absolute Gasteiger partial charge is 0.322 e. The van der Waals surface area contributed by atoms with Crippen LogP contribution in [0.15, 0.2) is 29.6 Å². The van der Waals surface area contributed by atoms with Crippen LogP contribution >= 0.6 is 22.9 Å². The number of urea groups is 1. The van der Waals surface area contributed by atoms with Crippen molar-refractivity contribution in [3.05, 3.63) is 45.4 Å². The lowest BCUT2D eigenvalue weighted by Crippen LogP contribution is -2.37. The van der Waals surface area contributed by atoms with Crippen LogP contribution in [0.25, 0.3) is 0 Å². The van der Waals surface area contributed by atoms with E-state index < -0.39 is 0 Å². The van der Waals surface area contributed by atoms with E-state index in [2.05, 4.69) is 15.6 Å². The van der Waals surface area contributed by atoms with Crippen molar-refractivity contribution in [2.24, 2.45) is 0 Å². The third kappa shape index (κ3) is 7.98. The summed E-state index contributed by atoms with van der Waals surface area (Å²) in [6, 6.07) is 6.59. The normalized spacial score (nSPS) is 10.8. The van der Waals surface area contributed by atoms with Crippen LogP contribution in [0, 0.1) is 0 Å². The number of thiazole rings is 1. The highest BCUT2D eigenvalue weighted by Gasteiger charge is 2.17. The van der Waals surface area contributed by atoms with Crippen molar-refractivity contribution in [3.63, 3.8) is 0 Å². The minimum atomic E-state index is -0.281. The van der Waals surface area contributed by atoms with Crippen molar-refractivity contribution in [2.75, 3.05) is 52.8 Å². The molecule has 0 fully saturated rings. The largest absolute Gasteiger partial charge is 0.383 e. The van der Waals surface area contributed by atoms with E-state index in [-0.39, 0.29) is 18.5 Å². The topological polar surface area (TPSA) is 86.8 Å². The molecule has 0 unspecified atom stereocenters. The molecule has 2 rings (SSSR count). The van der Waals surface area contributed by atoms with E-state index in [0.717, 1.165) is 6.54 Å². The van der Waals surface area contributed by atoms with Crippen LogP contribution < -0.4 is 10.6 Å². The number of rotatable bonds is 10. The molecule has 0 bridgehead atoms. The molecule has 2 N–H and O–H groups in total. The highest BCUT2D eigenvalue weighted by atomic mass is 35.5. The summed E-state index contributed by atoms with van der Waals surface area (Å²) in [6.45, 7) is 2.34. The van der Waals surface area contributed by atoms with Gasteiger partial charge in [-0.3, -0.25) is 4.79 Å². The van der Waals surface area contributed by atoms with E-state index in [1.807, 2.05) is 19.0 Å². The zero-order valence-electron chi connectivity index (χ0n) is 16.8. The average Bonchev–Trinajstić information content (AvgIpc) is 3.15. The van der Waals surface area contributed by atoms with Gasteiger partial charge in [-0.15, -0.1) is 11.3 Å². The van der Waals surface area contributed by atoms with Crippen molar-refractivity contribution in [3.8, 4) is 0 Å². The van der Waals surface area contributed by atoms with Gasteiger partial charge >= 0.3 is 6.03 Å². The molecule has 2 aromatic rings. The first kappa shape index (κ1) is 23.1. The maximum absolute atomic E-state index is 12.7. The summed E-state index contributed by atoms with van der Waals surface area (Å²) in [5.74, 6) is -0.219. The molecule has 0 aliphatic rings. The highest BCUT2D eigenvalue weighted by molar-refractivity contribution is 7.09. The van der Waals surface area contributed by atoms with Gasteiger partial charge in [0.15, 0.2) is 0 Å². The number of amides is 3. The summed E-state index contributed by atoms with van der Waals surface area (Å²) in [7, 11) is 5.46. The Hall–Kier alpha value is -2.20. The SMILES string of the molecule is COCCN(Cc1nc(C(=O)NCCN(C)C)cs1)C(=O)Nc1ccc(Cl)cc1. The van der Waals surface area contributed by atoms with E-state index >= 15 is 0 Å². The minimum Gasteiger partial charge on any atom is -0.383 e. The van der Waals surface area contributed by atoms with Crippen LogP contribution in [-0.2, 0) is 11.3 Å². The Morgan fingerprint density at radius 2 is 1.93 bits per heavy atom. The number of ether oxygens (including phenoxy) is 1. The summed E-state index contributed by atoms with van der Waals surface area (Å²) in [6.07, 6.45) is 0. The first-order valence-corrected chi connectivity index (χ1v) is 10.3. The third-order valence-corrected chi connectivity index (χ3v) is 4.99. The highest BCUT2D eigenvalue weighted by Crippen LogP contribution is 2.16. The van der Waals surface area contributed by atoms with Crippen LogP contribution in [0.2, 0.25) is 5.02 Å². The predicted molar refractivity (Wildman–Crippen MR) is 116 cm³/mol. The van der Waals surface area contributed by atoms with E-state index in [1.165, 1.54) is 11.3 Å². The zero-order valence-corrected chi connectivity index (χ0v) is 18.3. The van der Waals surface area contributed by atoms with E-state index in [9.17, 15) is 9.59 Å². The van der Waals surface area contributed by atoms with Gasteiger partial charge in [-0.1, -0.05) is 11.6 Å². The molecule has 0 aliphatic carbocycles. The fourth-order valence-corrected chi connectivity index (χ4v) is 3.24. The standard InChI is InChI=1S/C19H26ClN5O3S/c1-24(2)9-8-21-18(26)16-13-29-17(23-16)12-25(10-11-28-3)19(27)22-15-6-4-14(20)5-7-15/h4-7,13H,8-12H2,1-3H3,(H,21,26)(H,22,27). The first-order chi connectivity index (χ1) is 13.9. The summed E-state index contributed by atoms with van der Waals surface area (Å²) in [5.41, 5.74) is 0.996. The Kier molecular flexibility index (Phi) is 9.33. The number of hydrogen-bond acceptors (Lipinski definition) is 6. The van der Waals surface area contributed by atoms with Crippen LogP contribution in [-0.4, -0.2) is 74.2 Å². The van der Waals surface area contributed by atoms with Gasteiger partial charge < -0.3 is 25.2 Å². The second-order valence-corrected chi connectivity index (χ2v) is 7.92. The lowest BCUT2D eigenvalue weighted by atomic mass is 10.3. The van der Waals surface area contributed by atoms with Gasteiger partial charge in [0.2, 0.25) is 0 Å². The van der Waals surface area contributed by atoms with Gasteiger partial charge in [-0.05, 0) is 38.4 Å². The number of likely N-dealkylation sites (N-methyl/N-ethyl adjacent to an activating group) is 1. The van der Waals surface area contributed by atoms with Gasteiger partial charge in [0.25, 0.3) is 5.91 Å². The Morgan fingerprint density at radius 1 is 1.21 bits per heavy atom. The zero-order chi connectivity index (χ0) is 21.2. The lowest BCUT2D eigenvalue weighted by molar-refractivity contribution is 0.0946. The second kappa shape index (κ2) is 11.7. The predicted octanol–water partition coefficient (Wildman–Crippen LogP) is 2.77. The van der Waals surface area contributed by atoms with Gasteiger partial charge in [0, 0.05) is 42.8 Å². The Labute approximate surface area is 179 Å². The molecule has 0 saturated heterocycles. The second-order valence-electron chi connectivity index (χ2n) is 6.54. The Balaban J connectivity index is 1.98. The van der Waals surface area contributed by atoms with Crippen molar-refractivity contribution in [1.29, 1.82) is 0 Å². The number of methoxy groups -OCH3 is 1. The molecule has 0 saturated carbocycles. The molecule has 0 atom stereocenters. The number of benzene rings is 1. The molecule has 0 spiro atoms. The van der Waals surface area contributed by atoms with E-state index in [1.54, 1.807) is 41.7 Å². The number of aromatic nitrogens is 1. The fourth-order valence-electron chi connectivity index (χ4n) is 2.32. The van der Waals surface area contributed by atoms with Gasteiger partial charge in [-0.25, -0.2) is 9.78 Å². The van der Waals surface area contributed by atoms with Crippen LogP contribution in [0.3, 0.4) is 0 Å². The molecule has 158 valence electrons. The number of hydrogen-bond donors (Lipinski definition) is 2. The number of nitrogens with zero attached hydrogens (tertiary/aromatic N) is 3. The van der Waals surface area contributed by atoms with Crippen molar-refractivity contribution >= 4 is 40.6 Å². The van der Waals surface area contributed by atoms with Gasteiger partial charge in [0.05, 0.1) is 13.2 Å². The third-order valence-electron chi connectivity index (χ3n) is 3.90. The molecule has 0 radical (unpaired) electrons. The first-order valence-electron chi connectivity index (χ1n) is 9.07. The quantitative estimate of drug-likeness (QED) is 0.594. The van der Waals surface area contributed by atoms with Crippen LogP contribution in [0.4, 0.5) is 10.5 Å². The van der Waals surface area contributed by atoms with Crippen molar-refractivity contribution in [1.82, 2.24) is 20.1 Å². The minimum absolute atomic E-state index is 0.219. The average molecular weight is 440 g/mol. The number of halogens is 1. The van der Waals surface area contributed by atoms with E-state index in [0.29, 0.717) is 41.1 Å². The molecule has 1 aromatic heterocycles. The molecular weight excluding hydrogens is 414 g/mol. The fraction of sp³-hybridized carbons (Fsp3) is 0.421. The molecule has 0 aliphatic heterocycles. The Bertz CT molecular complexity index is 797. The Morgan fingerprint density at radius 3 is 2.59 bits per heavy atom. The van der Waals surface area contributed by atoms with Gasteiger partial charge in [-0.2, -0.15) is 0 Å². The van der Waals surface area contributed by atoms with Crippen LogP contribution in [0.5, 0.6) is 0 Å². The molecular formula is C19H26ClN5O3S. The monoisotopic (exact) mass is 439 g/mol. The summed E-state index contributed by atoms with van der Waals surface area (Å²) >= 11 is 7.22. The van der Waals surface area contributed by atoms with Crippen molar-refractivity contribution < 1.29 is 14.3 Å². The molecule has 1 aromatic carbocycles. The van der Waals surface area contributed by atoms with Crippen LogP contribution in [0.1, 0.15) is 15.5 Å². The number of anilines is 1. The number of nitrogens with one attached hydrogen (secondary N) is 2. The summed E-state index contributed by atoms with van der Waals surface area (Å²) in [4.78, 5) is 32.8. The molecule has 29 heavy (non-hydrogen) atoms. The molecule has 8 nitrogen and oxygen atoms in total.